The Balaban J connectivity index is 2.29. The Labute approximate surface area is 106 Å². The summed E-state index contributed by atoms with van der Waals surface area (Å²) in [5, 5.41) is 5.33. The van der Waals surface area contributed by atoms with Crippen LogP contribution in [0.1, 0.15) is 17.2 Å². The first-order valence-electron chi connectivity index (χ1n) is 5.43. The van der Waals surface area contributed by atoms with Gasteiger partial charge in [0, 0.05) is 4.91 Å². The van der Waals surface area contributed by atoms with E-state index >= 15 is 0 Å². The van der Waals surface area contributed by atoms with Crippen LogP contribution in [0.5, 0.6) is 0 Å². The molecule has 2 rings (SSSR count). The van der Waals surface area contributed by atoms with Crippen molar-refractivity contribution in [3.8, 4) is 0 Å². The van der Waals surface area contributed by atoms with Crippen molar-refractivity contribution in [1.29, 1.82) is 0 Å². The third kappa shape index (κ3) is 2.63. The van der Waals surface area contributed by atoms with Gasteiger partial charge in [-0.2, -0.15) is 13.2 Å². The van der Waals surface area contributed by atoms with E-state index in [1.54, 1.807) is 24.3 Å². The van der Waals surface area contributed by atoms with E-state index in [1.165, 1.54) is 0 Å². The number of hydrogen-bond donors (Lipinski definition) is 1. The van der Waals surface area contributed by atoms with Gasteiger partial charge in [-0.25, -0.2) is 0 Å². The van der Waals surface area contributed by atoms with Crippen LogP contribution in [0.15, 0.2) is 29.4 Å². The first-order chi connectivity index (χ1) is 8.93. The summed E-state index contributed by atoms with van der Waals surface area (Å²) in [5.74, 6) is -2.03. The number of carbonyl (C=O) groups is 1. The van der Waals surface area contributed by atoms with E-state index in [0.717, 1.165) is 5.56 Å². The number of carbonyl (C=O) groups excluding carboxylic acids is 1. The average Bonchev–Trinajstić information content (AvgIpc) is 2.67. The number of amides is 1. The van der Waals surface area contributed by atoms with Crippen LogP contribution in [0.25, 0.3) is 10.4 Å². The van der Waals surface area contributed by atoms with Crippen LogP contribution in [-0.4, -0.2) is 18.1 Å². The van der Waals surface area contributed by atoms with Crippen molar-refractivity contribution in [1.82, 2.24) is 5.32 Å². The van der Waals surface area contributed by atoms with Crippen molar-refractivity contribution in [2.75, 3.05) is 0 Å². The van der Waals surface area contributed by atoms with E-state index in [0.29, 0.717) is 12.0 Å². The lowest BCUT2D eigenvalue weighted by Crippen LogP contribution is -2.41. The molecule has 0 unspecified atom stereocenters. The lowest BCUT2D eigenvalue weighted by Gasteiger charge is -2.19. The largest absolute Gasteiger partial charge is 0.471 e. The molecule has 0 heterocycles. The SMILES string of the molecule is [N-]=[N+]=N[C@H]1Cc2ccccc2[C@@H]1NC(=O)C(F)(F)F. The molecule has 0 bridgehead atoms. The van der Waals surface area contributed by atoms with Gasteiger partial charge in [0.25, 0.3) is 0 Å². The molecule has 0 fully saturated rings. The second-order valence-corrected chi connectivity index (χ2v) is 4.12. The molecular formula is C11H9F3N4O. The van der Waals surface area contributed by atoms with Crippen molar-refractivity contribution < 1.29 is 18.0 Å². The summed E-state index contributed by atoms with van der Waals surface area (Å²) in [6.07, 6.45) is -4.65. The Morgan fingerprint density at radius 1 is 1.42 bits per heavy atom. The van der Waals surface area contributed by atoms with E-state index in [9.17, 15) is 18.0 Å². The highest BCUT2D eigenvalue weighted by atomic mass is 19.4. The highest BCUT2D eigenvalue weighted by molar-refractivity contribution is 5.82. The number of fused-ring (bicyclic) bond motifs is 1. The van der Waals surface area contributed by atoms with Gasteiger partial charge in [-0.05, 0) is 23.1 Å². The molecule has 0 aromatic heterocycles. The molecule has 0 saturated carbocycles. The van der Waals surface area contributed by atoms with Crippen LogP contribution < -0.4 is 5.32 Å². The minimum Gasteiger partial charge on any atom is -0.341 e. The number of nitrogens with zero attached hydrogens (tertiary/aromatic N) is 3. The molecule has 0 spiro atoms. The first-order valence-corrected chi connectivity index (χ1v) is 5.43. The van der Waals surface area contributed by atoms with Crippen molar-refractivity contribution >= 4 is 5.91 Å². The molecule has 1 amide bonds. The number of hydrogen-bond acceptors (Lipinski definition) is 2. The fraction of sp³-hybridized carbons (Fsp3) is 0.364. The Morgan fingerprint density at radius 3 is 2.74 bits per heavy atom. The van der Waals surface area contributed by atoms with Gasteiger partial charge in [-0.1, -0.05) is 29.4 Å². The zero-order chi connectivity index (χ0) is 14.0. The molecule has 1 aromatic carbocycles. The normalized spacial score (nSPS) is 21.4. The fourth-order valence-corrected chi connectivity index (χ4v) is 2.14. The van der Waals surface area contributed by atoms with Crippen molar-refractivity contribution in [3.05, 3.63) is 45.8 Å². The van der Waals surface area contributed by atoms with Gasteiger partial charge in [-0.3, -0.25) is 4.79 Å². The number of benzene rings is 1. The highest BCUT2D eigenvalue weighted by Gasteiger charge is 2.42. The lowest BCUT2D eigenvalue weighted by atomic mass is 10.1. The molecule has 0 aliphatic heterocycles. The summed E-state index contributed by atoms with van der Waals surface area (Å²) in [6.45, 7) is 0. The van der Waals surface area contributed by atoms with E-state index in [1.807, 2.05) is 5.32 Å². The van der Waals surface area contributed by atoms with Gasteiger partial charge in [0.05, 0.1) is 12.1 Å². The maximum Gasteiger partial charge on any atom is 0.471 e. The van der Waals surface area contributed by atoms with Crippen LogP contribution in [0.2, 0.25) is 0 Å². The fourth-order valence-electron chi connectivity index (χ4n) is 2.14. The summed E-state index contributed by atoms with van der Waals surface area (Å²) in [5.41, 5.74) is 9.76. The number of alkyl halides is 3. The van der Waals surface area contributed by atoms with Crippen molar-refractivity contribution in [2.24, 2.45) is 5.11 Å². The topological polar surface area (TPSA) is 77.9 Å². The summed E-state index contributed by atoms with van der Waals surface area (Å²) in [4.78, 5) is 13.6. The Kier molecular flexibility index (Phi) is 3.35. The second-order valence-electron chi connectivity index (χ2n) is 4.12. The van der Waals surface area contributed by atoms with E-state index in [4.69, 9.17) is 5.53 Å². The van der Waals surface area contributed by atoms with Gasteiger partial charge in [0.2, 0.25) is 0 Å². The molecule has 1 aliphatic rings. The van der Waals surface area contributed by atoms with Crippen molar-refractivity contribution in [2.45, 2.75) is 24.7 Å². The molecule has 1 aliphatic carbocycles. The molecule has 8 heteroatoms. The monoisotopic (exact) mass is 270 g/mol. The zero-order valence-corrected chi connectivity index (χ0v) is 9.55. The van der Waals surface area contributed by atoms with Gasteiger partial charge >= 0.3 is 12.1 Å². The molecule has 0 saturated heterocycles. The maximum absolute atomic E-state index is 12.3. The first kappa shape index (κ1) is 13.2. The minimum atomic E-state index is -4.96. The molecule has 100 valence electrons. The summed E-state index contributed by atoms with van der Waals surface area (Å²) in [7, 11) is 0. The maximum atomic E-state index is 12.3. The van der Waals surface area contributed by atoms with Crippen LogP contribution in [-0.2, 0) is 11.2 Å². The van der Waals surface area contributed by atoms with Crippen LogP contribution in [0.4, 0.5) is 13.2 Å². The second kappa shape index (κ2) is 4.81. The molecule has 5 nitrogen and oxygen atoms in total. The highest BCUT2D eigenvalue weighted by Crippen LogP contribution is 2.34. The van der Waals surface area contributed by atoms with Gasteiger partial charge in [0.1, 0.15) is 0 Å². The third-order valence-electron chi connectivity index (χ3n) is 2.95. The van der Waals surface area contributed by atoms with Gasteiger partial charge in [0.15, 0.2) is 0 Å². The third-order valence-corrected chi connectivity index (χ3v) is 2.95. The Bertz CT molecular complexity index is 551. The van der Waals surface area contributed by atoms with Crippen LogP contribution in [0, 0.1) is 0 Å². The van der Waals surface area contributed by atoms with Gasteiger partial charge < -0.3 is 5.32 Å². The zero-order valence-electron chi connectivity index (χ0n) is 9.55. The molecule has 19 heavy (non-hydrogen) atoms. The Hall–Kier alpha value is -2.21. The predicted octanol–water partition coefficient (Wildman–Crippen LogP) is 2.64. The molecule has 1 aromatic rings. The van der Waals surface area contributed by atoms with Crippen LogP contribution >= 0.6 is 0 Å². The lowest BCUT2D eigenvalue weighted by molar-refractivity contribution is -0.174. The molecule has 1 N–H and O–H groups in total. The summed E-state index contributed by atoms with van der Waals surface area (Å²) >= 11 is 0. The van der Waals surface area contributed by atoms with E-state index in [2.05, 4.69) is 10.0 Å². The standard InChI is InChI=1S/C11H9F3N4O/c12-11(13,14)10(19)16-9-7-4-2-1-3-6(7)5-8(9)17-18-15/h1-4,8-9H,5H2,(H,16,19)/t8-,9-/m0/s1. The minimum absolute atomic E-state index is 0.309. The average molecular weight is 270 g/mol. The number of nitrogens with one attached hydrogen (secondary N) is 1. The number of rotatable bonds is 2. The number of azide groups is 1. The molecular weight excluding hydrogens is 261 g/mol. The molecule has 2 atom stereocenters. The predicted molar refractivity (Wildman–Crippen MR) is 60.0 cm³/mol. The molecule has 0 radical (unpaired) electrons. The van der Waals surface area contributed by atoms with Gasteiger partial charge in [-0.15, -0.1) is 0 Å². The smallest absolute Gasteiger partial charge is 0.341 e. The quantitative estimate of drug-likeness (QED) is 0.500. The summed E-state index contributed by atoms with van der Waals surface area (Å²) < 4.78 is 36.8. The summed E-state index contributed by atoms with van der Waals surface area (Å²) in [6, 6.07) is 5.05. The van der Waals surface area contributed by atoms with E-state index < -0.39 is 24.2 Å². The van der Waals surface area contributed by atoms with Crippen LogP contribution in [0.3, 0.4) is 0 Å². The number of halogens is 3. The Morgan fingerprint density at radius 2 is 2.11 bits per heavy atom. The van der Waals surface area contributed by atoms with Crippen molar-refractivity contribution in [3.63, 3.8) is 0 Å². The van der Waals surface area contributed by atoms with E-state index in [-0.39, 0.29) is 0 Å².